The van der Waals surface area contributed by atoms with Gasteiger partial charge in [0.05, 0.1) is 16.5 Å². The molecule has 1 atom stereocenters. The molecule has 1 rings (SSSR count). The molecule has 0 aliphatic rings. The Morgan fingerprint density at radius 2 is 2.06 bits per heavy atom. The third-order valence-corrected chi connectivity index (χ3v) is 5.00. The molecule has 0 aliphatic heterocycles. The predicted molar refractivity (Wildman–Crippen MR) is 72.2 cm³/mol. The molecule has 0 spiro atoms. The van der Waals surface area contributed by atoms with Gasteiger partial charge in [-0.15, -0.1) is 0 Å². The van der Waals surface area contributed by atoms with Crippen molar-refractivity contribution in [2.45, 2.75) is 39.4 Å². The highest BCUT2D eigenvalue weighted by atomic mass is 32.2. The Balaban J connectivity index is 2.78. The maximum Gasteiger partial charge on any atom is 0.267 e. The zero-order chi connectivity index (χ0) is 13.9. The lowest BCUT2D eigenvalue weighted by Crippen LogP contribution is -2.37. The number of aryl methyl sites for hydroxylation is 1. The molecule has 1 amide bonds. The van der Waals surface area contributed by atoms with Gasteiger partial charge in [0.1, 0.15) is 0 Å². The van der Waals surface area contributed by atoms with Gasteiger partial charge in [-0.05, 0) is 37.7 Å². The predicted octanol–water partition coefficient (Wildman–Crippen LogP) is 1.95. The molecule has 102 valence electrons. The third-order valence-electron chi connectivity index (χ3n) is 2.56. The molecule has 1 aromatic heterocycles. The highest BCUT2D eigenvalue weighted by molar-refractivity contribution is 7.90. The van der Waals surface area contributed by atoms with Crippen LogP contribution in [0.25, 0.3) is 0 Å². The number of rotatable bonds is 5. The third kappa shape index (κ3) is 3.78. The van der Waals surface area contributed by atoms with Crippen molar-refractivity contribution in [3.8, 4) is 0 Å². The van der Waals surface area contributed by atoms with Crippen LogP contribution < -0.4 is 4.72 Å². The van der Waals surface area contributed by atoms with E-state index in [-0.39, 0.29) is 5.92 Å². The smallest absolute Gasteiger partial charge is 0.267 e. The van der Waals surface area contributed by atoms with Crippen LogP contribution in [0.3, 0.4) is 0 Å². The van der Waals surface area contributed by atoms with Gasteiger partial charge >= 0.3 is 0 Å². The molecule has 5 nitrogen and oxygen atoms in total. The minimum Gasteiger partial charge on any atom is -0.268 e. The minimum atomic E-state index is -3.62. The van der Waals surface area contributed by atoms with Crippen LogP contribution in [0, 0.1) is 12.8 Å². The lowest BCUT2D eigenvalue weighted by Gasteiger charge is -2.15. The second-order valence-corrected chi connectivity index (χ2v) is 7.46. The average molecular weight is 290 g/mol. The highest BCUT2D eigenvalue weighted by Gasteiger charge is 2.25. The molecule has 0 saturated carbocycles. The molecule has 0 aromatic carbocycles. The van der Waals surface area contributed by atoms with Gasteiger partial charge in [0.25, 0.3) is 5.91 Å². The van der Waals surface area contributed by atoms with E-state index in [1.807, 2.05) is 13.8 Å². The summed E-state index contributed by atoms with van der Waals surface area (Å²) in [5.74, 6) is -0.340. The number of aromatic nitrogens is 1. The summed E-state index contributed by atoms with van der Waals surface area (Å²) in [6.07, 6.45) is 0.517. The van der Waals surface area contributed by atoms with E-state index in [0.717, 1.165) is 11.5 Å². The normalized spacial score (nSPS) is 13.6. The largest absolute Gasteiger partial charge is 0.268 e. The molecule has 0 fully saturated rings. The fourth-order valence-corrected chi connectivity index (χ4v) is 3.49. The minimum absolute atomic E-state index is 0.260. The SMILES string of the molecule is Cc1nscc1C(=O)NS(=O)(=O)[C@H](C)CC(C)C. The van der Waals surface area contributed by atoms with Crippen molar-refractivity contribution in [3.63, 3.8) is 0 Å². The lowest BCUT2D eigenvalue weighted by atomic mass is 10.1. The molecule has 0 saturated heterocycles. The average Bonchev–Trinajstić information content (AvgIpc) is 2.62. The molecule has 1 heterocycles. The fraction of sp³-hybridized carbons (Fsp3) is 0.636. The molecule has 18 heavy (non-hydrogen) atoms. The van der Waals surface area contributed by atoms with E-state index < -0.39 is 21.2 Å². The molecule has 0 unspecified atom stereocenters. The van der Waals surface area contributed by atoms with E-state index in [1.165, 1.54) is 0 Å². The summed E-state index contributed by atoms with van der Waals surface area (Å²) >= 11 is 1.13. The Kier molecular flexibility index (Phi) is 4.86. The summed E-state index contributed by atoms with van der Waals surface area (Å²) < 4.78 is 29.9. The van der Waals surface area contributed by atoms with Gasteiger partial charge in [-0.1, -0.05) is 13.8 Å². The van der Waals surface area contributed by atoms with Gasteiger partial charge in [-0.2, -0.15) is 4.37 Å². The van der Waals surface area contributed by atoms with Crippen LogP contribution in [-0.4, -0.2) is 23.9 Å². The Morgan fingerprint density at radius 1 is 1.44 bits per heavy atom. The van der Waals surface area contributed by atoms with Crippen molar-refractivity contribution in [1.82, 2.24) is 9.10 Å². The monoisotopic (exact) mass is 290 g/mol. The van der Waals surface area contributed by atoms with Gasteiger partial charge in [0, 0.05) is 5.38 Å². The van der Waals surface area contributed by atoms with Gasteiger partial charge in [0.2, 0.25) is 10.0 Å². The van der Waals surface area contributed by atoms with Crippen molar-refractivity contribution in [2.24, 2.45) is 5.92 Å². The number of hydrogen-bond acceptors (Lipinski definition) is 5. The summed E-state index contributed by atoms with van der Waals surface area (Å²) in [4.78, 5) is 11.8. The Labute approximate surface area is 112 Å². The second kappa shape index (κ2) is 5.79. The summed E-state index contributed by atoms with van der Waals surface area (Å²) in [5.41, 5.74) is 0.865. The molecular weight excluding hydrogens is 272 g/mol. The van der Waals surface area contributed by atoms with Gasteiger partial charge < -0.3 is 0 Å². The molecule has 0 radical (unpaired) electrons. The van der Waals surface area contributed by atoms with Crippen LogP contribution in [0.2, 0.25) is 0 Å². The van der Waals surface area contributed by atoms with Crippen LogP contribution in [0.1, 0.15) is 43.2 Å². The van der Waals surface area contributed by atoms with E-state index in [0.29, 0.717) is 17.7 Å². The number of amides is 1. The van der Waals surface area contributed by atoms with Crippen LogP contribution >= 0.6 is 11.5 Å². The number of hydrogen-bond donors (Lipinski definition) is 1. The first kappa shape index (κ1) is 15.1. The standard InChI is InChI=1S/C11H18N2O3S2/c1-7(2)5-8(3)18(15,16)13-11(14)10-6-17-12-9(10)4/h6-8H,5H2,1-4H3,(H,13,14)/t8-/m1/s1. The molecular formula is C11H18N2O3S2. The summed E-state index contributed by atoms with van der Waals surface area (Å²) in [6, 6.07) is 0. The number of carbonyl (C=O) groups is 1. The van der Waals surface area contributed by atoms with Crippen molar-refractivity contribution in [2.75, 3.05) is 0 Å². The van der Waals surface area contributed by atoms with Gasteiger partial charge in [-0.3, -0.25) is 4.79 Å². The number of nitrogens with one attached hydrogen (secondary N) is 1. The topological polar surface area (TPSA) is 76.1 Å². The number of sulfonamides is 1. The number of nitrogens with zero attached hydrogens (tertiary/aromatic N) is 1. The maximum atomic E-state index is 11.9. The van der Waals surface area contributed by atoms with E-state index in [9.17, 15) is 13.2 Å². The Bertz CT molecular complexity index is 520. The first-order chi connectivity index (χ1) is 8.24. The quantitative estimate of drug-likeness (QED) is 0.899. The van der Waals surface area contributed by atoms with Crippen LogP contribution in [0.15, 0.2) is 5.38 Å². The van der Waals surface area contributed by atoms with E-state index in [1.54, 1.807) is 19.2 Å². The summed E-state index contributed by atoms with van der Waals surface area (Å²) in [5, 5.41) is 0.959. The van der Waals surface area contributed by atoms with Crippen LogP contribution in [0.4, 0.5) is 0 Å². The van der Waals surface area contributed by atoms with Crippen molar-refractivity contribution >= 4 is 27.5 Å². The Hall–Kier alpha value is -0.950. The highest BCUT2D eigenvalue weighted by Crippen LogP contribution is 2.13. The summed E-state index contributed by atoms with van der Waals surface area (Å²) in [6.45, 7) is 7.17. The van der Waals surface area contributed by atoms with E-state index >= 15 is 0 Å². The first-order valence-corrected chi connectivity index (χ1v) is 8.09. The Morgan fingerprint density at radius 3 is 2.50 bits per heavy atom. The molecule has 7 heteroatoms. The van der Waals surface area contributed by atoms with E-state index in [2.05, 4.69) is 9.10 Å². The number of carbonyl (C=O) groups excluding carboxylic acids is 1. The molecule has 1 N–H and O–H groups in total. The van der Waals surface area contributed by atoms with Crippen molar-refractivity contribution < 1.29 is 13.2 Å². The fourth-order valence-electron chi connectivity index (χ4n) is 1.59. The van der Waals surface area contributed by atoms with Gasteiger partial charge in [-0.25, -0.2) is 13.1 Å². The van der Waals surface area contributed by atoms with Gasteiger partial charge in [0.15, 0.2) is 0 Å². The van der Waals surface area contributed by atoms with Crippen molar-refractivity contribution in [1.29, 1.82) is 0 Å². The zero-order valence-electron chi connectivity index (χ0n) is 10.9. The lowest BCUT2D eigenvalue weighted by molar-refractivity contribution is 0.0980. The molecule has 1 aromatic rings. The maximum absolute atomic E-state index is 11.9. The molecule has 0 aliphatic carbocycles. The second-order valence-electron chi connectivity index (χ2n) is 4.73. The van der Waals surface area contributed by atoms with Crippen LogP contribution in [-0.2, 0) is 10.0 Å². The van der Waals surface area contributed by atoms with Crippen LogP contribution in [0.5, 0.6) is 0 Å². The summed E-state index contributed by atoms with van der Waals surface area (Å²) in [7, 11) is -3.62. The zero-order valence-corrected chi connectivity index (χ0v) is 12.6. The van der Waals surface area contributed by atoms with E-state index in [4.69, 9.17) is 0 Å². The molecule has 0 bridgehead atoms. The first-order valence-electron chi connectivity index (χ1n) is 5.71. The van der Waals surface area contributed by atoms with Crippen molar-refractivity contribution in [3.05, 3.63) is 16.6 Å².